The first-order valence-corrected chi connectivity index (χ1v) is 5.47. The number of rotatable bonds is 1. The summed E-state index contributed by atoms with van der Waals surface area (Å²) >= 11 is 3.64. The molecule has 58 valence electrons. The lowest BCUT2D eigenvalue weighted by Crippen LogP contribution is -1.92. The van der Waals surface area contributed by atoms with Crippen molar-refractivity contribution in [2.45, 2.75) is 13.0 Å². The maximum Gasteiger partial charge on any atom is 0.108 e. The van der Waals surface area contributed by atoms with Crippen LogP contribution in [0.3, 0.4) is 0 Å². The normalized spacial score (nSPS) is 23.7. The molecule has 0 aliphatic carbocycles. The van der Waals surface area contributed by atoms with Gasteiger partial charge in [-0.05, 0) is 18.4 Å². The van der Waals surface area contributed by atoms with Gasteiger partial charge in [0.25, 0.3) is 0 Å². The van der Waals surface area contributed by atoms with Gasteiger partial charge in [-0.3, -0.25) is 4.99 Å². The Kier molecular flexibility index (Phi) is 2.00. The standard InChI is InChI=1S/C8H9NS2/c1-6-5-11-8(9-6)7-3-2-4-10-7/h2-4,6H,5H2,1H3/t6-/m1/s1. The molecule has 2 rings (SSSR count). The molecule has 0 saturated carbocycles. The van der Waals surface area contributed by atoms with Crippen LogP contribution in [-0.2, 0) is 0 Å². The SMILES string of the molecule is C[C@@H]1CSC(c2cccs2)=N1. The third-order valence-electron chi connectivity index (χ3n) is 1.53. The van der Waals surface area contributed by atoms with Crippen molar-refractivity contribution < 1.29 is 0 Å². The molecule has 1 atom stereocenters. The van der Waals surface area contributed by atoms with Crippen molar-refractivity contribution in [1.29, 1.82) is 0 Å². The summed E-state index contributed by atoms with van der Waals surface area (Å²) in [4.78, 5) is 5.84. The molecule has 0 aromatic carbocycles. The second kappa shape index (κ2) is 2.99. The van der Waals surface area contributed by atoms with E-state index < -0.39 is 0 Å². The lowest BCUT2D eigenvalue weighted by molar-refractivity contribution is 0.866. The molecule has 11 heavy (non-hydrogen) atoms. The highest BCUT2D eigenvalue weighted by molar-refractivity contribution is 8.15. The van der Waals surface area contributed by atoms with Crippen LogP contribution in [-0.4, -0.2) is 16.8 Å². The zero-order chi connectivity index (χ0) is 7.68. The van der Waals surface area contributed by atoms with E-state index >= 15 is 0 Å². The van der Waals surface area contributed by atoms with E-state index in [0.717, 1.165) is 5.75 Å². The molecule has 3 heteroatoms. The van der Waals surface area contributed by atoms with Crippen LogP contribution in [0.15, 0.2) is 22.5 Å². The van der Waals surface area contributed by atoms with E-state index in [1.807, 2.05) is 11.8 Å². The molecule has 0 spiro atoms. The lowest BCUT2D eigenvalue weighted by atomic mass is 10.4. The van der Waals surface area contributed by atoms with Gasteiger partial charge in [0.2, 0.25) is 0 Å². The molecule has 1 aliphatic rings. The number of thioether (sulfide) groups is 1. The van der Waals surface area contributed by atoms with E-state index in [-0.39, 0.29) is 0 Å². The number of hydrogen-bond donors (Lipinski definition) is 0. The summed E-state index contributed by atoms with van der Waals surface area (Å²) in [5, 5.41) is 3.33. The second-order valence-electron chi connectivity index (χ2n) is 2.57. The van der Waals surface area contributed by atoms with Crippen molar-refractivity contribution in [2.24, 2.45) is 4.99 Å². The molecule has 0 unspecified atom stereocenters. The number of hydrogen-bond acceptors (Lipinski definition) is 3. The monoisotopic (exact) mass is 183 g/mol. The van der Waals surface area contributed by atoms with E-state index in [0.29, 0.717) is 6.04 Å². The molecule has 2 heterocycles. The maximum atomic E-state index is 4.52. The number of thiophene rings is 1. The van der Waals surface area contributed by atoms with Gasteiger partial charge < -0.3 is 0 Å². The number of aliphatic imine (C=N–C) groups is 1. The Morgan fingerprint density at radius 2 is 2.55 bits per heavy atom. The predicted octanol–water partition coefficient (Wildman–Crippen LogP) is 2.63. The maximum absolute atomic E-state index is 4.52. The van der Waals surface area contributed by atoms with Crippen LogP contribution < -0.4 is 0 Å². The van der Waals surface area contributed by atoms with Gasteiger partial charge in [0.1, 0.15) is 5.04 Å². The van der Waals surface area contributed by atoms with Gasteiger partial charge in [-0.1, -0.05) is 6.07 Å². The zero-order valence-electron chi connectivity index (χ0n) is 6.28. The Morgan fingerprint density at radius 1 is 1.64 bits per heavy atom. The molecule has 0 N–H and O–H groups in total. The van der Waals surface area contributed by atoms with Crippen molar-refractivity contribution in [2.75, 3.05) is 5.75 Å². The van der Waals surface area contributed by atoms with Crippen molar-refractivity contribution >= 4 is 28.1 Å². The highest BCUT2D eigenvalue weighted by atomic mass is 32.2. The third-order valence-corrected chi connectivity index (χ3v) is 3.78. The summed E-state index contributed by atoms with van der Waals surface area (Å²) in [5.41, 5.74) is 0. The Hall–Kier alpha value is -0.280. The average molecular weight is 183 g/mol. The molecule has 0 bridgehead atoms. The summed E-state index contributed by atoms with van der Waals surface area (Å²) in [6, 6.07) is 4.72. The third kappa shape index (κ3) is 1.49. The fourth-order valence-electron chi connectivity index (χ4n) is 1.01. The quantitative estimate of drug-likeness (QED) is 0.652. The van der Waals surface area contributed by atoms with E-state index in [4.69, 9.17) is 0 Å². The van der Waals surface area contributed by atoms with Crippen molar-refractivity contribution in [1.82, 2.24) is 0 Å². The topological polar surface area (TPSA) is 12.4 Å². The molecule has 0 radical (unpaired) electrons. The van der Waals surface area contributed by atoms with E-state index in [9.17, 15) is 0 Å². The fourth-order valence-corrected chi connectivity index (χ4v) is 2.88. The van der Waals surface area contributed by atoms with Crippen LogP contribution in [0.5, 0.6) is 0 Å². The summed E-state index contributed by atoms with van der Waals surface area (Å²) in [5.74, 6) is 1.15. The van der Waals surface area contributed by atoms with Gasteiger partial charge in [0, 0.05) is 5.75 Å². The molecule has 0 amide bonds. The summed E-state index contributed by atoms with van der Waals surface area (Å²) < 4.78 is 0. The summed E-state index contributed by atoms with van der Waals surface area (Å²) in [6.45, 7) is 2.16. The van der Waals surface area contributed by atoms with Gasteiger partial charge in [-0.25, -0.2) is 0 Å². The van der Waals surface area contributed by atoms with Gasteiger partial charge in [0.05, 0.1) is 10.9 Å². The van der Waals surface area contributed by atoms with Crippen molar-refractivity contribution in [3.8, 4) is 0 Å². The first-order chi connectivity index (χ1) is 5.36. The zero-order valence-corrected chi connectivity index (χ0v) is 7.91. The highest BCUT2D eigenvalue weighted by Crippen LogP contribution is 2.25. The Morgan fingerprint density at radius 3 is 3.09 bits per heavy atom. The van der Waals surface area contributed by atoms with Gasteiger partial charge in [-0.15, -0.1) is 23.1 Å². The van der Waals surface area contributed by atoms with Gasteiger partial charge >= 0.3 is 0 Å². The van der Waals surface area contributed by atoms with Gasteiger partial charge in [-0.2, -0.15) is 0 Å². The first kappa shape index (κ1) is 7.37. The van der Waals surface area contributed by atoms with Crippen LogP contribution in [0.4, 0.5) is 0 Å². The van der Waals surface area contributed by atoms with Crippen LogP contribution in [0.2, 0.25) is 0 Å². The molecular weight excluding hydrogens is 174 g/mol. The smallest absolute Gasteiger partial charge is 0.108 e. The minimum Gasteiger partial charge on any atom is -0.273 e. The molecular formula is C8H9NS2. The van der Waals surface area contributed by atoms with Crippen LogP contribution in [0.25, 0.3) is 0 Å². The second-order valence-corrected chi connectivity index (χ2v) is 4.53. The largest absolute Gasteiger partial charge is 0.273 e. The van der Waals surface area contributed by atoms with Crippen molar-refractivity contribution in [3.63, 3.8) is 0 Å². The minimum atomic E-state index is 0.511. The molecule has 1 nitrogen and oxygen atoms in total. The van der Waals surface area contributed by atoms with Gasteiger partial charge in [0.15, 0.2) is 0 Å². The van der Waals surface area contributed by atoms with Crippen LogP contribution in [0.1, 0.15) is 11.8 Å². The van der Waals surface area contributed by atoms with Crippen LogP contribution >= 0.6 is 23.1 Å². The Labute approximate surface area is 74.5 Å². The molecule has 1 aromatic heterocycles. The molecule has 1 aliphatic heterocycles. The summed E-state index contributed by atoms with van der Waals surface area (Å²) in [7, 11) is 0. The average Bonchev–Trinajstić information content (AvgIpc) is 2.55. The minimum absolute atomic E-state index is 0.511. The molecule has 0 saturated heterocycles. The highest BCUT2D eigenvalue weighted by Gasteiger charge is 2.15. The van der Waals surface area contributed by atoms with E-state index in [1.165, 1.54) is 9.92 Å². The lowest BCUT2D eigenvalue weighted by Gasteiger charge is -1.90. The molecule has 1 aromatic rings. The fraction of sp³-hybridized carbons (Fsp3) is 0.375. The number of nitrogens with zero attached hydrogens (tertiary/aromatic N) is 1. The molecule has 0 fully saturated rings. The summed E-state index contributed by atoms with van der Waals surface area (Å²) in [6.07, 6.45) is 0. The first-order valence-electron chi connectivity index (χ1n) is 3.61. The Bertz CT molecular complexity index is 264. The Balaban J connectivity index is 2.25. The van der Waals surface area contributed by atoms with Crippen LogP contribution in [0, 0.1) is 0 Å². The van der Waals surface area contributed by atoms with Crippen molar-refractivity contribution in [3.05, 3.63) is 22.4 Å². The van der Waals surface area contributed by atoms with E-state index in [2.05, 4.69) is 29.4 Å². The predicted molar refractivity (Wildman–Crippen MR) is 52.8 cm³/mol. The van der Waals surface area contributed by atoms with E-state index in [1.54, 1.807) is 11.3 Å².